The second-order valence-corrected chi connectivity index (χ2v) is 11.7. The van der Waals surface area contributed by atoms with Gasteiger partial charge < -0.3 is 28.8 Å². The summed E-state index contributed by atoms with van der Waals surface area (Å²) in [7, 11) is 0. The van der Waals surface area contributed by atoms with Crippen LogP contribution in [0.1, 0.15) is 75.2 Å². The molecule has 0 aromatic carbocycles. The highest BCUT2D eigenvalue weighted by atomic mass is 16.6. The van der Waals surface area contributed by atoms with Crippen LogP contribution in [0.3, 0.4) is 0 Å². The van der Waals surface area contributed by atoms with Crippen LogP contribution in [0.15, 0.2) is 11.6 Å². The van der Waals surface area contributed by atoms with Gasteiger partial charge in [0.05, 0.1) is 17.8 Å². The quantitative estimate of drug-likeness (QED) is 0.316. The predicted molar refractivity (Wildman–Crippen MR) is 134 cm³/mol. The van der Waals surface area contributed by atoms with Crippen molar-refractivity contribution in [3.05, 3.63) is 11.6 Å². The summed E-state index contributed by atoms with van der Waals surface area (Å²) in [6, 6.07) is 0. The Labute approximate surface area is 224 Å². The molecule has 2 bridgehead atoms. The molecule has 10 unspecified atom stereocenters. The van der Waals surface area contributed by atoms with Crippen LogP contribution in [-0.4, -0.2) is 70.7 Å². The Bertz CT molecular complexity index is 984. The highest BCUT2D eigenvalue weighted by molar-refractivity contribution is 5.69. The molecule has 214 valence electrons. The first-order valence-corrected chi connectivity index (χ1v) is 13.3. The molecule has 10 atom stereocenters. The fourth-order valence-corrected chi connectivity index (χ4v) is 7.01. The highest BCUT2D eigenvalue weighted by Gasteiger charge is 2.70. The minimum absolute atomic E-state index is 0.0887. The molecule has 2 heterocycles. The highest BCUT2D eigenvalue weighted by Crippen LogP contribution is 2.58. The molecule has 0 amide bonds. The summed E-state index contributed by atoms with van der Waals surface area (Å²) in [5.74, 6) is -3.75. The molecule has 10 nitrogen and oxygen atoms in total. The monoisotopic (exact) mass is 538 g/mol. The van der Waals surface area contributed by atoms with Crippen molar-refractivity contribution in [3.63, 3.8) is 0 Å². The second-order valence-electron chi connectivity index (χ2n) is 11.7. The van der Waals surface area contributed by atoms with Crippen LogP contribution < -0.4 is 0 Å². The van der Waals surface area contributed by atoms with Gasteiger partial charge in [-0.3, -0.25) is 19.2 Å². The van der Waals surface area contributed by atoms with Gasteiger partial charge in [0, 0.05) is 45.4 Å². The number of rotatable bonds is 5. The molecular formula is C28H42O10. The van der Waals surface area contributed by atoms with Crippen molar-refractivity contribution in [2.24, 2.45) is 23.7 Å². The Morgan fingerprint density at radius 1 is 0.974 bits per heavy atom. The van der Waals surface area contributed by atoms with E-state index in [1.807, 2.05) is 26.8 Å². The van der Waals surface area contributed by atoms with Gasteiger partial charge in [-0.15, -0.1) is 0 Å². The first-order valence-electron chi connectivity index (χ1n) is 13.3. The van der Waals surface area contributed by atoms with E-state index in [1.54, 1.807) is 13.8 Å². The number of hydrogen-bond donors (Lipinski definition) is 1. The molecule has 0 spiro atoms. The SMILES string of the molecule is CC(=O)OC1CCC(C)(O)C2OC(C=C1C)C1C2C(C(C)C)C(OC(C)=O)C(OC(C)=O)C1(C)OC(C)=O. The van der Waals surface area contributed by atoms with Crippen LogP contribution in [0.4, 0.5) is 0 Å². The van der Waals surface area contributed by atoms with Gasteiger partial charge in [-0.25, -0.2) is 0 Å². The van der Waals surface area contributed by atoms with Crippen LogP contribution in [0, 0.1) is 23.7 Å². The summed E-state index contributed by atoms with van der Waals surface area (Å²) in [5, 5.41) is 11.8. The van der Waals surface area contributed by atoms with E-state index in [9.17, 15) is 24.3 Å². The maximum Gasteiger partial charge on any atom is 0.303 e. The molecule has 2 aliphatic heterocycles. The molecule has 0 radical (unpaired) electrons. The van der Waals surface area contributed by atoms with Crippen molar-refractivity contribution in [2.75, 3.05) is 0 Å². The lowest BCUT2D eigenvalue weighted by Gasteiger charge is -2.55. The minimum Gasteiger partial charge on any atom is -0.458 e. The van der Waals surface area contributed by atoms with Gasteiger partial charge in [-0.1, -0.05) is 19.9 Å². The number of carbonyl (C=O) groups is 4. The Kier molecular flexibility index (Phi) is 8.68. The molecule has 3 rings (SSSR count). The van der Waals surface area contributed by atoms with Crippen molar-refractivity contribution in [3.8, 4) is 0 Å². The van der Waals surface area contributed by atoms with Crippen molar-refractivity contribution >= 4 is 23.9 Å². The third-order valence-electron chi connectivity index (χ3n) is 8.27. The first-order chi connectivity index (χ1) is 17.5. The lowest BCUT2D eigenvalue weighted by Crippen LogP contribution is -2.69. The van der Waals surface area contributed by atoms with Crippen LogP contribution >= 0.6 is 0 Å². The smallest absolute Gasteiger partial charge is 0.303 e. The van der Waals surface area contributed by atoms with Crippen LogP contribution in [-0.2, 0) is 42.9 Å². The van der Waals surface area contributed by atoms with E-state index in [4.69, 9.17) is 23.7 Å². The molecule has 38 heavy (non-hydrogen) atoms. The van der Waals surface area contributed by atoms with E-state index < -0.39 is 83.4 Å². The van der Waals surface area contributed by atoms with Gasteiger partial charge in [0.25, 0.3) is 0 Å². The third-order valence-corrected chi connectivity index (χ3v) is 8.27. The van der Waals surface area contributed by atoms with Crippen molar-refractivity contribution in [2.45, 2.75) is 117 Å². The predicted octanol–water partition coefficient (Wildman–Crippen LogP) is 2.88. The zero-order chi connectivity index (χ0) is 28.7. The Morgan fingerprint density at radius 3 is 2.05 bits per heavy atom. The standard InChI is InChI=1S/C28H42O10/c1-13(2)21-22-23(28(9,38-18(7)32)26(36-17(6)31)24(21)35-16(5)30)20-12-14(3)19(34-15(4)29)10-11-27(8,33)25(22)37-20/h12-13,19-26,33H,10-11H2,1-9H3. The number of aliphatic hydroxyl groups is 1. The summed E-state index contributed by atoms with van der Waals surface area (Å²) in [5.41, 5.74) is -2.11. The molecule has 3 aliphatic rings. The Balaban J connectivity index is 2.30. The van der Waals surface area contributed by atoms with Crippen molar-refractivity contribution < 1.29 is 48.0 Å². The topological polar surface area (TPSA) is 135 Å². The minimum atomic E-state index is -1.48. The summed E-state index contributed by atoms with van der Waals surface area (Å²) < 4.78 is 29.8. The van der Waals surface area contributed by atoms with Crippen LogP contribution in [0.5, 0.6) is 0 Å². The van der Waals surface area contributed by atoms with Gasteiger partial charge in [-0.2, -0.15) is 0 Å². The molecule has 10 heteroatoms. The number of esters is 4. The second kappa shape index (κ2) is 11.0. The van der Waals surface area contributed by atoms with E-state index in [-0.39, 0.29) is 12.3 Å². The lowest BCUT2D eigenvalue weighted by molar-refractivity contribution is -0.247. The molecule has 0 aromatic heterocycles. The zero-order valence-electron chi connectivity index (χ0n) is 23.8. The van der Waals surface area contributed by atoms with Gasteiger partial charge in [0.15, 0.2) is 11.7 Å². The summed E-state index contributed by atoms with van der Waals surface area (Å²) in [6.07, 6.45) is -1.58. The largest absolute Gasteiger partial charge is 0.458 e. The van der Waals surface area contributed by atoms with E-state index in [0.717, 1.165) is 5.57 Å². The molecule has 2 fully saturated rings. The molecule has 1 aliphatic carbocycles. The normalized spacial score (nSPS) is 40.6. The van der Waals surface area contributed by atoms with Gasteiger partial charge >= 0.3 is 23.9 Å². The zero-order valence-corrected chi connectivity index (χ0v) is 23.8. The average molecular weight is 539 g/mol. The fourth-order valence-electron chi connectivity index (χ4n) is 7.01. The summed E-state index contributed by atoms with van der Waals surface area (Å²) >= 11 is 0. The Morgan fingerprint density at radius 2 is 1.55 bits per heavy atom. The van der Waals surface area contributed by atoms with E-state index in [1.165, 1.54) is 27.7 Å². The van der Waals surface area contributed by atoms with E-state index in [2.05, 4.69) is 0 Å². The number of hydrogen-bond acceptors (Lipinski definition) is 10. The molecule has 0 aromatic rings. The first kappa shape index (κ1) is 30.1. The third kappa shape index (κ3) is 5.76. The molecule has 1 saturated heterocycles. The van der Waals surface area contributed by atoms with Gasteiger partial charge in [0.2, 0.25) is 0 Å². The number of carbonyl (C=O) groups excluding carboxylic acids is 4. The lowest BCUT2D eigenvalue weighted by atomic mass is 9.55. The summed E-state index contributed by atoms with van der Waals surface area (Å²) in [6.45, 7) is 14.2. The molecular weight excluding hydrogens is 496 g/mol. The molecule has 1 saturated carbocycles. The maximum atomic E-state index is 12.5. The van der Waals surface area contributed by atoms with Crippen LogP contribution in [0.2, 0.25) is 0 Å². The molecule has 1 N–H and O–H groups in total. The average Bonchev–Trinajstić information content (AvgIpc) is 3.13. The Hall–Kier alpha value is -2.46. The van der Waals surface area contributed by atoms with E-state index >= 15 is 0 Å². The fraction of sp³-hybridized carbons (Fsp3) is 0.786. The van der Waals surface area contributed by atoms with Gasteiger partial charge in [0.1, 0.15) is 12.2 Å². The maximum absolute atomic E-state index is 12.5. The van der Waals surface area contributed by atoms with Crippen LogP contribution in [0.25, 0.3) is 0 Å². The van der Waals surface area contributed by atoms with Crippen molar-refractivity contribution in [1.29, 1.82) is 0 Å². The van der Waals surface area contributed by atoms with Gasteiger partial charge in [-0.05, 0) is 45.1 Å². The van der Waals surface area contributed by atoms with Crippen molar-refractivity contribution in [1.82, 2.24) is 0 Å². The number of ether oxygens (including phenoxy) is 5. The summed E-state index contributed by atoms with van der Waals surface area (Å²) in [4.78, 5) is 49.0. The number of fused-ring (bicyclic) bond motifs is 5. The van der Waals surface area contributed by atoms with E-state index in [0.29, 0.717) is 6.42 Å².